The minimum Gasteiger partial charge on any atom is -0.268 e. The summed E-state index contributed by atoms with van der Waals surface area (Å²) in [5, 5.41) is 2.11. The van der Waals surface area contributed by atoms with E-state index in [0.717, 1.165) is 0 Å². The van der Waals surface area contributed by atoms with Crippen molar-refractivity contribution < 1.29 is 4.79 Å². The van der Waals surface area contributed by atoms with E-state index in [1.807, 2.05) is 27.7 Å². The van der Waals surface area contributed by atoms with Crippen LogP contribution in [0.3, 0.4) is 0 Å². The number of carbonyl (C=O) groups excluding carboxylic acids is 1. The number of hydrogen-bond acceptors (Lipinski definition) is 2. The first-order valence-corrected chi connectivity index (χ1v) is 6.52. The third-order valence-corrected chi connectivity index (χ3v) is 3.33. The van der Waals surface area contributed by atoms with Crippen molar-refractivity contribution in [1.29, 1.82) is 0 Å². The zero-order valence-electron chi connectivity index (χ0n) is 11.1. The average molecular weight is 289 g/mol. The molecule has 0 heterocycles. The fraction of sp³-hybridized carbons (Fsp3) is 0.462. The summed E-state index contributed by atoms with van der Waals surface area (Å²) in [6.07, 6.45) is 0. The molecule has 5 heteroatoms. The number of amides is 1. The Labute approximate surface area is 118 Å². The fourth-order valence-corrected chi connectivity index (χ4v) is 1.75. The van der Waals surface area contributed by atoms with Crippen LogP contribution in [0.25, 0.3) is 0 Å². The third-order valence-electron chi connectivity index (χ3n) is 2.39. The number of halogens is 2. The van der Waals surface area contributed by atoms with Crippen LogP contribution in [0.4, 0.5) is 0 Å². The highest BCUT2D eigenvalue weighted by atomic mass is 35.5. The Morgan fingerprint density at radius 1 is 1.22 bits per heavy atom. The second kappa shape index (κ2) is 5.91. The molecule has 1 amide bonds. The van der Waals surface area contributed by atoms with Gasteiger partial charge in [-0.3, -0.25) is 9.80 Å². The molecule has 0 saturated carbocycles. The highest BCUT2D eigenvalue weighted by Gasteiger charge is 2.29. The zero-order chi connectivity index (χ0) is 13.9. The maximum atomic E-state index is 12.3. The number of nitrogens with zero attached hydrogens (tertiary/aromatic N) is 2. The maximum Gasteiger partial charge on any atom is 0.269 e. The van der Waals surface area contributed by atoms with Crippen LogP contribution < -0.4 is 0 Å². The topological polar surface area (TPSA) is 23.6 Å². The first kappa shape index (κ1) is 15.3. The second-order valence-electron chi connectivity index (χ2n) is 4.96. The van der Waals surface area contributed by atoms with E-state index in [0.29, 0.717) is 17.1 Å². The predicted octanol–water partition coefficient (Wildman–Crippen LogP) is 3.97. The number of carbonyl (C=O) groups is 1. The quantitative estimate of drug-likeness (QED) is 0.621. The summed E-state index contributed by atoms with van der Waals surface area (Å²) in [6.45, 7) is 8.21. The Morgan fingerprint density at radius 2 is 1.72 bits per heavy atom. The third kappa shape index (κ3) is 3.61. The first-order valence-electron chi connectivity index (χ1n) is 5.80. The molecule has 0 fully saturated rings. The summed E-state index contributed by atoms with van der Waals surface area (Å²) in [5.41, 5.74) is 0.232. The van der Waals surface area contributed by atoms with Gasteiger partial charge in [0.15, 0.2) is 0 Å². The minimum absolute atomic E-state index is 0.140. The van der Waals surface area contributed by atoms with Crippen LogP contribution in [0.1, 0.15) is 38.1 Å². The molecule has 0 spiro atoms. The average Bonchev–Trinajstić information content (AvgIpc) is 2.29. The van der Waals surface area contributed by atoms with Gasteiger partial charge in [0, 0.05) is 34.4 Å². The molecule has 0 aliphatic rings. The molecule has 0 radical (unpaired) electrons. The Hall–Kier alpha value is -0.770. The van der Waals surface area contributed by atoms with Crippen molar-refractivity contribution in [2.75, 3.05) is 6.54 Å². The molecule has 100 valence electrons. The van der Waals surface area contributed by atoms with Gasteiger partial charge < -0.3 is 0 Å². The molecule has 18 heavy (non-hydrogen) atoms. The van der Waals surface area contributed by atoms with Crippen molar-refractivity contribution in [3.05, 3.63) is 34.9 Å². The molecule has 0 aliphatic carbocycles. The molecule has 0 saturated heterocycles. The van der Waals surface area contributed by atoms with Crippen LogP contribution >= 0.6 is 23.4 Å². The van der Waals surface area contributed by atoms with E-state index < -0.39 is 0 Å². The van der Waals surface area contributed by atoms with E-state index in [1.54, 1.807) is 24.3 Å². The normalized spacial score (nSPS) is 11.7. The minimum atomic E-state index is -0.334. The van der Waals surface area contributed by atoms with Gasteiger partial charge in [-0.05, 0) is 52.0 Å². The predicted molar refractivity (Wildman–Crippen MR) is 75.6 cm³/mol. The molecular weight excluding hydrogens is 271 g/mol. The summed E-state index contributed by atoms with van der Waals surface area (Å²) in [5.74, 6) is -0.140. The Bertz CT molecular complexity index is 412. The van der Waals surface area contributed by atoms with Gasteiger partial charge in [0.1, 0.15) is 0 Å². The monoisotopic (exact) mass is 288 g/mol. The molecule has 1 aromatic carbocycles. The lowest BCUT2D eigenvalue weighted by atomic mass is 10.1. The summed E-state index contributed by atoms with van der Waals surface area (Å²) < 4.78 is 1.43. The summed E-state index contributed by atoms with van der Waals surface area (Å²) in [6, 6.07) is 6.78. The lowest BCUT2D eigenvalue weighted by Crippen LogP contribution is -2.49. The highest BCUT2D eigenvalue weighted by molar-refractivity contribution is 6.30. The molecule has 1 rings (SSSR count). The second-order valence-corrected chi connectivity index (χ2v) is 5.72. The number of benzene rings is 1. The standard InChI is InChI=1S/C13H18Cl2N2O/c1-5-16(17(15)13(2,3)4)12(18)10-6-8-11(14)9-7-10/h6-9H,5H2,1-4H3. The number of hydrazine groups is 1. The van der Waals surface area contributed by atoms with Crippen molar-refractivity contribution in [2.24, 2.45) is 0 Å². The van der Waals surface area contributed by atoms with Gasteiger partial charge in [0.05, 0.1) is 0 Å². The van der Waals surface area contributed by atoms with Gasteiger partial charge in [-0.1, -0.05) is 11.6 Å². The van der Waals surface area contributed by atoms with Gasteiger partial charge in [0.2, 0.25) is 0 Å². The number of rotatable bonds is 3. The van der Waals surface area contributed by atoms with E-state index in [2.05, 4.69) is 0 Å². The Kier molecular flexibility index (Phi) is 5.02. The van der Waals surface area contributed by atoms with Crippen LogP contribution in [0.2, 0.25) is 5.02 Å². The first-order chi connectivity index (χ1) is 8.27. The zero-order valence-corrected chi connectivity index (χ0v) is 12.6. The van der Waals surface area contributed by atoms with E-state index in [9.17, 15) is 4.79 Å². The lowest BCUT2D eigenvalue weighted by molar-refractivity contribution is 0.00427. The number of hydrogen-bond donors (Lipinski definition) is 0. The maximum absolute atomic E-state index is 12.3. The summed E-state index contributed by atoms with van der Waals surface area (Å²) in [7, 11) is 0. The van der Waals surface area contributed by atoms with E-state index in [4.69, 9.17) is 23.4 Å². The van der Waals surface area contributed by atoms with Gasteiger partial charge in [0.25, 0.3) is 5.91 Å². The lowest BCUT2D eigenvalue weighted by Gasteiger charge is -2.37. The van der Waals surface area contributed by atoms with Crippen molar-refractivity contribution in [3.63, 3.8) is 0 Å². The molecule has 0 unspecified atom stereocenters. The molecule has 1 aromatic rings. The SMILES string of the molecule is CCN(C(=O)c1ccc(Cl)cc1)N(Cl)C(C)(C)C. The molecule has 0 aromatic heterocycles. The fourth-order valence-electron chi connectivity index (χ4n) is 1.45. The van der Waals surface area contributed by atoms with Crippen LogP contribution in [-0.2, 0) is 0 Å². The Balaban J connectivity index is 2.96. The van der Waals surface area contributed by atoms with Crippen LogP contribution in [0, 0.1) is 0 Å². The smallest absolute Gasteiger partial charge is 0.268 e. The van der Waals surface area contributed by atoms with Gasteiger partial charge in [-0.2, -0.15) is 0 Å². The van der Waals surface area contributed by atoms with Crippen LogP contribution in [-0.4, -0.2) is 27.5 Å². The van der Waals surface area contributed by atoms with Crippen molar-refractivity contribution >= 4 is 29.3 Å². The molecule has 0 bridgehead atoms. The van der Waals surface area contributed by atoms with Crippen molar-refractivity contribution in [3.8, 4) is 0 Å². The van der Waals surface area contributed by atoms with E-state index >= 15 is 0 Å². The molecule has 0 atom stereocenters. The summed E-state index contributed by atoms with van der Waals surface area (Å²) in [4.78, 5) is 12.3. The van der Waals surface area contributed by atoms with Crippen LogP contribution in [0.5, 0.6) is 0 Å². The van der Waals surface area contributed by atoms with Gasteiger partial charge in [-0.15, -0.1) is 4.53 Å². The highest BCUT2D eigenvalue weighted by Crippen LogP contribution is 2.21. The Morgan fingerprint density at radius 3 is 2.11 bits per heavy atom. The van der Waals surface area contributed by atoms with Crippen molar-refractivity contribution in [2.45, 2.75) is 33.2 Å². The van der Waals surface area contributed by atoms with Crippen LogP contribution in [0.15, 0.2) is 24.3 Å². The van der Waals surface area contributed by atoms with Crippen molar-refractivity contribution in [1.82, 2.24) is 9.54 Å². The largest absolute Gasteiger partial charge is 0.269 e. The van der Waals surface area contributed by atoms with Gasteiger partial charge >= 0.3 is 0 Å². The van der Waals surface area contributed by atoms with E-state index in [1.165, 1.54) is 9.54 Å². The summed E-state index contributed by atoms with van der Waals surface area (Å²) >= 11 is 12.0. The van der Waals surface area contributed by atoms with E-state index in [-0.39, 0.29) is 11.4 Å². The van der Waals surface area contributed by atoms with Gasteiger partial charge in [-0.25, -0.2) is 0 Å². The molecular formula is C13H18Cl2N2O. The molecule has 3 nitrogen and oxygen atoms in total. The molecule has 0 aliphatic heterocycles. The molecule has 0 N–H and O–H groups in total.